The summed E-state index contributed by atoms with van der Waals surface area (Å²) in [5.74, 6) is 0.541. The van der Waals surface area contributed by atoms with E-state index in [0.29, 0.717) is 17.9 Å². The molecule has 0 aromatic carbocycles. The maximum absolute atomic E-state index is 10.4. The van der Waals surface area contributed by atoms with Gasteiger partial charge in [0, 0.05) is 25.2 Å². The zero-order chi connectivity index (χ0) is 15.9. The topological polar surface area (TPSA) is 74.9 Å². The van der Waals surface area contributed by atoms with Crippen molar-refractivity contribution in [1.29, 1.82) is 0 Å². The van der Waals surface area contributed by atoms with Crippen LogP contribution in [0.3, 0.4) is 0 Å². The molecular weight excluding hydrogens is 280 g/mol. The Morgan fingerprint density at radius 3 is 2.41 bits per heavy atom. The molecule has 6 nitrogen and oxygen atoms in total. The van der Waals surface area contributed by atoms with Crippen LogP contribution < -0.4 is 10.6 Å². The van der Waals surface area contributed by atoms with Crippen LogP contribution in [-0.2, 0) is 4.74 Å². The molecule has 22 heavy (non-hydrogen) atoms. The van der Waals surface area contributed by atoms with Crippen LogP contribution in [0.15, 0.2) is 18.3 Å². The second-order valence-electron chi connectivity index (χ2n) is 7.23. The maximum atomic E-state index is 10.4. The van der Waals surface area contributed by atoms with Crippen molar-refractivity contribution in [2.45, 2.75) is 57.7 Å². The van der Waals surface area contributed by atoms with Crippen LogP contribution in [0.25, 0.3) is 0 Å². The van der Waals surface area contributed by atoms with E-state index in [1.807, 2.05) is 39.1 Å². The fraction of sp³-hybridized carbons (Fsp3) is 0.688. The number of rotatable bonds is 3. The average Bonchev–Trinajstić information content (AvgIpc) is 2.69. The summed E-state index contributed by atoms with van der Waals surface area (Å²) in [4.78, 5) is 8.64. The van der Waals surface area contributed by atoms with Gasteiger partial charge in [0.2, 0.25) is 6.41 Å². The lowest BCUT2D eigenvalue weighted by Gasteiger charge is -2.44. The lowest BCUT2D eigenvalue weighted by molar-refractivity contribution is -0.252. The van der Waals surface area contributed by atoms with Crippen molar-refractivity contribution in [2.75, 3.05) is 23.7 Å². The highest BCUT2D eigenvalue weighted by molar-refractivity contribution is 5.49. The van der Waals surface area contributed by atoms with Crippen LogP contribution >= 0.6 is 0 Å². The van der Waals surface area contributed by atoms with Crippen LogP contribution in [0.5, 0.6) is 0 Å². The van der Waals surface area contributed by atoms with Gasteiger partial charge in [-0.2, -0.15) is 0 Å². The third-order valence-electron chi connectivity index (χ3n) is 4.39. The quantitative estimate of drug-likeness (QED) is 0.823. The number of fused-ring (bicyclic) bond motifs is 2. The number of anilines is 2. The Bertz CT molecular complexity index is 500. The van der Waals surface area contributed by atoms with E-state index in [4.69, 9.17) is 10.5 Å². The second kappa shape index (κ2) is 5.68. The van der Waals surface area contributed by atoms with Crippen LogP contribution in [0, 0.1) is 0 Å². The summed E-state index contributed by atoms with van der Waals surface area (Å²) < 4.78 is 5.75. The molecule has 2 bridgehead atoms. The van der Waals surface area contributed by atoms with Gasteiger partial charge in [-0.3, -0.25) is 0 Å². The van der Waals surface area contributed by atoms with E-state index in [1.54, 1.807) is 0 Å². The molecule has 2 aliphatic rings. The Hall–Kier alpha value is -1.37. The molecule has 3 rings (SSSR count). The third-order valence-corrected chi connectivity index (χ3v) is 4.39. The Morgan fingerprint density at radius 1 is 1.27 bits per heavy atom. The van der Waals surface area contributed by atoms with E-state index in [0.717, 1.165) is 31.6 Å². The lowest BCUT2D eigenvalue weighted by atomic mass is 10.1. The molecule has 1 aromatic rings. The molecule has 122 valence electrons. The molecule has 6 heteroatoms. The molecule has 3 N–H and O–H groups in total. The van der Waals surface area contributed by atoms with E-state index in [2.05, 4.69) is 14.8 Å². The third kappa shape index (κ3) is 3.19. The van der Waals surface area contributed by atoms with Gasteiger partial charge in [-0.25, -0.2) is 9.88 Å². The van der Waals surface area contributed by atoms with Crippen LogP contribution in [-0.4, -0.2) is 52.2 Å². The molecule has 3 unspecified atom stereocenters. The number of nitrogen functional groups attached to an aromatic ring is 1. The van der Waals surface area contributed by atoms with Gasteiger partial charge < -0.3 is 20.5 Å². The van der Waals surface area contributed by atoms with Gasteiger partial charge in [0.25, 0.3) is 0 Å². The van der Waals surface area contributed by atoms with Gasteiger partial charge in [0.15, 0.2) is 0 Å². The largest absolute Gasteiger partial charge is 0.384 e. The van der Waals surface area contributed by atoms with Crippen LogP contribution in [0.1, 0.15) is 33.6 Å². The van der Waals surface area contributed by atoms with Gasteiger partial charge in [0.1, 0.15) is 5.82 Å². The number of hydrogen-bond acceptors (Lipinski definition) is 6. The van der Waals surface area contributed by atoms with Crippen molar-refractivity contribution in [2.24, 2.45) is 0 Å². The minimum absolute atomic E-state index is 0.314. The number of aliphatic hydroxyl groups excluding tert-OH is 1. The highest BCUT2D eigenvalue weighted by atomic mass is 16.6. The molecule has 2 saturated heterocycles. The molecule has 0 aliphatic carbocycles. The average molecular weight is 306 g/mol. The highest BCUT2D eigenvalue weighted by Crippen LogP contribution is 2.34. The summed E-state index contributed by atoms with van der Waals surface area (Å²) in [6.07, 6.45) is 3.18. The first kappa shape index (κ1) is 15.5. The van der Waals surface area contributed by atoms with Gasteiger partial charge in [0.05, 0.1) is 17.5 Å². The molecule has 1 aromatic heterocycles. The summed E-state index contributed by atoms with van der Waals surface area (Å²) in [5, 5.41) is 10.4. The SMILES string of the molecule is CC(C)(C)OC(O)N1C2CCC1CN(c1ccc(N)nc1)C2. The first-order chi connectivity index (χ1) is 10.3. The molecule has 0 amide bonds. The van der Waals surface area contributed by atoms with Crippen molar-refractivity contribution >= 4 is 11.5 Å². The monoisotopic (exact) mass is 306 g/mol. The van der Waals surface area contributed by atoms with Gasteiger partial charge in [-0.1, -0.05) is 0 Å². The first-order valence-corrected chi connectivity index (χ1v) is 7.93. The van der Waals surface area contributed by atoms with Crippen LogP contribution in [0.4, 0.5) is 11.5 Å². The van der Waals surface area contributed by atoms with Crippen LogP contribution in [0.2, 0.25) is 0 Å². The number of ether oxygens (including phenoxy) is 1. The lowest BCUT2D eigenvalue weighted by Crippen LogP contribution is -2.58. The Kier molecular flexibility index (Phi) is 4.01. The molecule has 3 atom stereocenters. The van der Waals surface area contributed by atoms with E-state index in [-0.39, 0.29) is 5.60 Å². The van der Waals surface area contributed by atoms with Crippen molar-refractivity contribution in [1.82, 2.24) is 9.88 Å². The molecular formula is C16H26N4O2. The van der Waals surface area contributed by atoms with E-state index < -0.39 is 6.41 Å². The van der Waals surface area contributed by atoms with E-state index in [9.17, 15) is 5.11 Å². The first-order valence-electron chi connectivity index (χ1n) is 7.93. The number of nitrogens with zero attached hydrogens (tertiary/aromatic N) is 3. The summed E-state index contributed by atoms with van der Waals surface area (Å²) in [5.41, 5.74) is 6.40. The fourth-order valence-electron chi connectivity index (χ4n) is 3.47. The Morgan fingerprint density at radius 2 is 1.91 bits per heavy atom. The maximum Gasteiger partial charge on any atom is 0.217 e. The number of hydrogen-bond donors (Lipinski definition) is 2. The van der Waals surface area contributed by atoms with Gasteiger partial charge in [-0.05, 0) is 45.7 Å². The molecule has 3 heterocycles. The minimum atomic E-state index is -0.829. The van der Waals surface area contributed by atoms with E-state index in [1.165, 1.54) is 0 Å². The van der Waals surface area contributed by atoms with Crippen molar-refractivity contribution in [3.8, 4) is 0 Å². The fourth-order valence-corrected chi connectivity index (χ4v) is 3.47. The molecule has 0 radical (unpaired) electrons. The summed E-state index contributed by atoms with van der Waals surface area (Å²) in [7, 11) is 0. The number of aliphatic hydroxyl groups is 1. The number of pyridine rings is 1. The predicted octanol–water partition coefficient (Wildman–Crippen LogP) is 1.41. The number of piperazine rings is 1. The van der Waals surface area contributed by atoms with Crippen molar-refractivity contribution < 1.29 is 9.84 Å². The zero-order valence-corrected chi connectivity index (χ0v) is 13.6. The standard InChI is InChI=1S/C16H26N4O2/c1-16(2,3)22-15(21)20-12-4-5-13(20)10-19(9-12)11-6-7-14(17)18-8-11/h6-8,12-13,15,21H,4-5,9-10H2,1-3H3,(H2,17,18). The van der Waals surface area contributed by atoms with Crippen molar-refractivity contribution in [3.05, 3.63) is 18.3 Å². The van der Waals surface area contributed by atoms with Gasteiger partial charge in [-0.15, -0.1) is 0 Å². The Labute approximate surface area is 131 Å². The second-order valence-corrected chi connectivity index (χ2v) is 7.23. The summed E-state index contributed by atoms with van der Waals surface area (Å²) in [6.45, 7) is 7.66. The summed E-state index contributed by atoms with van der Waals surface area (Å²) in [6, 6.07) is 4.48. The number of aromatic nitrogens is 1. The normalized spacial score (nSPS) is 27.2. The molecule has 2 aliphatic heterocycles. The minimum Gasteiger partial charge on any atom is -0.384 e. The molecule has 2 fully saturated rings. The molecule has 0 spiro atoms. The highest BCUT2D eigenvalue weighted by Gasteiger charge is 2.44. The number of nitrogens with two attached hydrogens (primary N) is 1. The van der Waals surface area contributed by atoms with Crippen molar-refractivity contribution in [3.63, 3.8) is 0 Å². The van der Waals surface area contributed by atoms with Gasteiger partial charge >= 0.3 is 0 Å². The smallest absolute Gasteiger partial charge is 0.217 e. The predicted molar refractivity (Wildman–Crippen MR) is 86.4 cm³/mol. The Balaban J connectivity index is 1.70. The zero-order valence-electron chi connectivity index (χ0n) is 13.6. The molecule has 0 saturated carbocycles. The van der Waals surface area contributed by atoms with E-state index >= 15 is 0 Å². The summed E-state index contributed by atoms with van der Waals surface area (Å²) >= 11 is 0.